The van der Waals surface area contributed by atoms with Crippen molar-refractivity contribution in [1.82, 2.24) is 5.43 Å². The Morgan fingerprint density at radius 2 is 1.81 bits per heavy atom. The van der Waals surface area contributed by atoms with Crippen LogP contribution in [-0.4, -0.2) is 17.3 Å². The van der Waals surface area contributed by atoms with Gasteiger partial charge in [0.2, 0.25) is 0 Å². The van der Waals surface area contributed by atoms with Gasteiger partial charge in [-0.05, 0) is 66.3 Å². The number of halogens is 2. The molecule has 0 bridgehead atoms. The fraction of sp³-hybridized carbons (Fsp3) is 0. The van der Waals surface area contributed by atoms with Crippen LogP contribution < -0.4 is 15.5 Å². The van der Waals surface area contributed by atoms with Gasteiger partial charge in [0.1, 0.15) is 10.6 Å². The standard InChI is InChI=1S/C23H15Cl2N3O2S2/c24-15-4-3-5-16(12-15)27-23(31)28-26-13-14-8-10-17(11-9-14)30-22(29)21-20(25)18-6-1-2-7-19(18)32-21/h1-13H,(H2,27,28,31). The average Bonchev–Trinajstić information content (AvgIpc) is 3.12. The Balaban J connectivity index is 1.34. The summed E-state index contributed by atoms with van der Waals surface area (Å²) < 4.78 is 6.41. The zero-order valence-electron chi connectivity index (χ0n) is 16.3. The van der Waals surface area contributed by atoms with Gasteiger partial charge in [-0.2, -0.15) is 5.10 Å². The molecule has 0 radical (unpaired) electrons. The topological polar surface area (TPSA) is 62.7 Å². The fourth-order valence-electron chi connectivity index (χ4n) is 2.81. The molecule has 2 N–H and O–H groups in total. The van der Waals surface area contributed by atoms with E-state index in [0.717, 1.165) is 21.3 Å². The lowest BCUT2D eigenvalue weighted by atomic mass is 10.2. The molecule has 0 saturated carbocycles. The molecular weight excluding hydrogens is 485 g/mol. The largest absolute Gasteiger partial charge is 0.422 e. The molecular formula is C23H15Cl2N3O2S2. The maximum absolute atomic E-state index is 12.5. The molecule has 0 amide bonds. The van der Waals surface area contributed by atoms with Crippen LogP contribution in [0.25, 0.3) is 10.1 Å². The lowest BCUT2D eigenvalue weighted by Crippen LogP contribution is -2.23. The number of anilines is 1. The highest BCUT2D eigenvalue weighted by Crippen LogP contribution is 2.35. The van der Waals surface area contributed by atoms with Crippen molar-refractivity contribution in [3.05, 3.63) is 93.3 Å². The molecule has 0 atom stereocenters. The van der Waals surface area contributed by atoms with Crippen molar-refractivity contribution in [2.45, 2.75) is 0 Å². The van der Waals surface area contributed by atoms with Crippen LogP contribution in [0, 0.1) is 0 Å². The zero-order chi connectivity index (χ0) is 22.5. The number of thiocarbonyl (C=S) groups is 1. The fourth-order valence-corrected chi connectivity index (χ4v) is 4.56. The van der Waals surface area contributed by atoms with Gasteiger partial charge < -0.3 is 10.1 Å². The van der Waals surface area contributed by atoms with Crippen molar-refractivity contribution in [2.75, 3.05) is 5.32 Å². The molecule has 9 heteroatoms. The van der Waals surface area contributed by atoms with E-state index in [1.807, 2.05) is 36.4 Å². The quantitative estimate of drug-likeness (QED) is 0.104. The van der Waals surface area contributed by atoms with E-state index in [9.17, 15) is 4.79 Å². The van der Waals surface area contributed by atoms with Crippen LogP contribution in [0.4, 0.5) is 5.69 Å². The van der Waals surface area contributed by atoms with Crippen molar-refractivity contribution < 1.29 is 9.53 Å². The summed E-state index contributed by atoms with van der Waals surface area (Å²) in [6.45, 7) is 0. The van der Waals surface area contributed by atoms with Crippen LogP contribution in [-0.2, 0) is 0 Å². The highest BCUT2D eigenvalue weighted by atomic mass is 35.5. The van der Waals surface area contributed by atoms with E-state index in [4.69, 9.17) is 40.2 Å². The molecule has 0 aliphatic carbocycles. The summed E-state index contributed by atoms with van der Waals surface area (Å²) in [7, 11) is 0. The number of hydrazone groups is 1. The van der Waals surface area contributed by atoms with Crippen LogP contribution >= 0.6 is 46.8 Å². The molecule has 0 aliphatic heterocycles. The number of thiophene rings is 1. The minimum Gasteiger partial charge on any atom is -0.422 e. The Kier molecular flexibility index (Phi) is 7.02. The number of fused-ring (bicyclic) bond motifs is 1. The van der Waals surface area contributed by atoms with Crippen molar-refractivity contribution >= 4 is 79.8 Å². The molecule has 4 rings (SSSR count). The summed E-state index contributed by atoms with van der Waals surface area (Å²) in [6.07, 6.45) is 1.60. The summed E-state index contributed by atoms with van der Waals surface area (Å²) in [5.41, 5.74) is 4.29. The Morgan fingerprint density at radius 1 is 1.03 bits per heavy atom. The first-order valence-electron chi connectivity index (χ1n) is 9.34. The predicted molar refractivity (Wildman–Crippen MR) is 137 cm³/mol. The monoisotopic (exact) mass is 499 g/mol. The van der Waals surface area contributed by atoms with Crippen molar-refractivity contribution in [1.29, 1.82) is 0 Å². The van der Waals surface area contributed by atoms with Crippen molar-refractivity contribution in [3.63, 3.8) is 0 Å². The third-order valence-corrected chi connectivity index (χ3v) is 6.36. The van der Waals surface area contributed by atoms with E-state index in [1.165, 1.54) is 11.3 Å². The van der Waals surface area contributed by atoms with Crippen molar-refractivity contribution in [3.8, 4) is 5.75 Å². The van der Waals surface area contributed by atoms with Gasteiger partial charge in [-0.3, -0.25) is 5.43 Å². The number of carbonyl (C=O) groups excluding carboxylic acids is 1. The third kappa shape index (κ3) is 5.44. The number of esters is 1. The smallest absolute Gasteiger partial charge is 0.355 e. The highest BCUT2D eigenvalue weighted by molar-refractivity contribution is 7.80. The van der Waals surface area contributed by atoms with Gasteiger partial charge in [-0.15, -0.1) is 11.3 Å². The van der Waals surface area contributed by atoms with Crippen LogP contribution in [0.2, 0.25) is 10.0 Å². The molecule has 32 heavy (non-hydrogen) atoms. The third-order valence-electron chi connectivity index (χ3n) is 4.27. The van der Waals surface area contributed by atoms with E-state index in [2.05, 4.69) is 15.8 Å². The second-order valence-electron chi connectivity index (χ2n) is 6.53. The summed E-state index contributed by atoms with van der Waals surface area (Å²) >= 11 is 18.8. The van der Waals surface area contributed by atoms with Gasteiger partial charge in [0.05, 0.1) is 11.2 Å². The first kappa shape index (κ1) is 22.2. The Labute approximate surface area is 203 Å². The van der Waals surface area contributed by atoms with Crippen LogP contribution in [0.3, 0.4) is 0 Å². The van der Waals surface area contributed by atoms with Gasteiger partial charge in [0.15, 0.2) is 5.11 Å². The number of carbonyl (C=O) groups is 1. The lowest BCUT2D eigenvalue weighted by molar-refractivity contribution is 0.0740. The summed E-state index contributed by atoms with van der Waals surface area (Å²) in [5, 5.41) is 9.27. The SMILES string of the molecule is O=C(Oc1ccc(C=NNC(=S)Nc2cccc(Cl)c2)cc1)c1sc2ccccc2c1Cl. The molecule has 0 spiro atoms. The molecule has 0 saturated heterocycles. The highest BCUT2D eigenvalue weighted by Gasteiger charge is 2.18. The van der Waals surface area contributed by atoms with Gasteiger partial charge in [-0.1, -0.05) is 47.5 Å². The zero-order valence-corrected chi connectivity index (χ0v) is 19.5. The summed E-state index contributed by atoms with van der Waals surface area (Å²) in [4.78, 5) is 12.9. The molecule has 3 aromatic carbocycles. The van der Waals surface area contributed by atoms with Crippen LogP contribution in [0.15, 0.2) is 77.9 Å². The molecule has 1 heterocycles. The number of hydrogen-bond donors (Lipinski definition) is 2. The number of benzene rings is 3. The molecule has 1 aromatic heterocycles. The van der Waals surface area contributed by atoms with Crippen LogP contribution in [0.1, 0.15) is 15.2 Å². The summed E-state index contributed by atoms with van der Waals surface area (Å²) in [6, 6.07) is 21.7. The van der Waals surface area contributed by atoms with Gasteiger partial charge in [0, 0.05) is 20.8 Å². The molecule has 4 aromatic rings. The first-order valence-corrected chi connectivity index (χ1v) is 11.3. The van der Waals surface area contributed by atoms with E-state index in [1.54, 1.807) is 42.6 Å². The average molecular weight is 500 g/mol. The Hall–Kier alpha value is -2.97. The number of nitrogens with one attached hydrogen (secondary N) is 2. The molecule has 160 valence electrons. The van der Waals surface area contributed by atoms with Gasteiger partial charge in [-0.25, -0.2) is 4.79 Å². The lowest BCUT2D eigenvalue weighted by Gasteiger charge is -2.07. The Bertz CT molecular complexity index is 1320. The minimum atomic E-state index is -0.489. The number of rotatable bonds is 5. The molecule has 0 aliphatic rings. The number of hydrogen-bond acceptors (Lipinski definition) is 5. The second-order valence-corrected chi connectivity index (χ2v) is 8.81. The normalized spacial score (nSPS) is 10.9. The van der Waals surface area contributed by atoms with Gasteiger partial charge >= 0.3 is 5.97 Å². The van der Waals surface area contributed by atoms with E-state index in [-0.39, 0.29) is 0 Å². The van der Waals surface area contributed by atoms with E-state index >= 15 is 0 Å². The molecule has 0 fully saturated rings. The van der Waals surface area contributed by atoms with E-state index < -0.39 is 5.97 Å². The van der Waals surface area contributed by atoms with Crippen molar-refractivity contribution in [2.24, 2.45) is 5.10 Å². The van der Waals surface area contributed by atoms with Crippen LogP contribution in [0.5, 0.6) is 5.75 Å². The predicted octanol–water partition coefficient (Wildman–Crippen LogP) is 6.75. The maximum atomic E-state index is 12.5. The first-order chi connectivity index (χ1) is 15.5. The molecule has 0 unspecified atom stereocenters. The summed E-state index contributed by atoms with van der Waals surface area (Å²) in [5.74, 6) is -0.0801. The maximum Gasteiger partial charge on any atom is 0.355 e. The number of nitrogens with zero attached hydrogens (tertiary/aromatic N) is 1. The van der Waals surface area contributed by atoms with Gasteiger partial charge in [0.25, 0.3) is 0 Å². The second kappa shape index (κ2) is 10.1. The Morgan fingerprint density at radius 3 is 2.56 bits per heavy atom. The molecule has 5 nitrogen and oxygen atoms in total. The minimum absolute atomic E-state index is 0.328. The van der Waals surface area contributed by atoms with E-state index in [0.29, 0.717) is 25.8 Å². The number of ether oxygens (including phenoxy) is 1.